The number of benzene rings is 2. The van der Waals surface area contributed by atoms with Crippen molar-refractivity contribution in [1.82, 2.24) is 10.6 Å². The SMILES string of the molecule is COc1ccc2c(c1)[C@H]1NC[C@@H](O)C(Cc3ccccc3)NC(=O)[C@H](C(N)=O)CC/C=C/CO[C@H]1C2. The first-order chi connectivity index (χ1) is 17.5. The Labute approximate surface area is 211 Å². The van der Waals surface area contributed by atoms with Crippen LogP contribution in [0.15, 0.2) is 60.7 Å². The van der Waals surface area contributed by atoms with Gasteiger partial charge in [-0.1, -0.05) is 48.6 Å². The van der Waals surface area contributed by atoms with Crippen LogP contribution in [0.3, 0.4) is 0 Å². The van der Waals surface area contributed by atoms with Gasteiger partial charge in [0, 0.05) is 13.0 Å². The summed E-state index contributed by atoms with van der Waals surface area (Å²) in [6.07, 6.45) is 4.75. The van der Waals surface area contributed by atoms with Crippen molar-refractivity contribution in [3.63, 3.8) is 0 Å². The second-order valence-corrected chi connectivity index (χ2v) is 9.40. The lowest BCUT2D eigenvalue weighted by Crippen LogP contribution is -2.52. The van der Waals surface area contributed by atoms with Crippen LogP contribution in [0, 0.1) is 5.92 Å². The molecule has 5 atom stereocenters. The van der Waals surface area contributed by atoms with E-state index in [0.29, 0.717) is 25.9 Å². The zero-order chi connectivity index (χ0) is 25.5. The van der Waals surface area contributed by atoms with E-state index in [1.54, 1.807) is 7.11 Å². The van der Waals surface area contributed by atoms with Crippen LogP contribution in [-0.4, -0.2) is 55.4 Å². The highest BCUT2D eigenvalue weighted by Crippen LogP contribution is 2.36. The Morgan fingerprint density at radius 2 is 2.00 bits per heavy atom. The van der Waals surface area contributed by atoms with Crippen molar-refractivity contribution in [3.8, 4) is 5.75 Å². The Kier molecular flexibility index (Phi) is 8.74. The van der Waals surface area contributed by atoms with Crippen molar-refractivity contribution in [3.05, 3.63) is 77.4 Å². The molecule has 2 aromatic rings. The highest BCUT2D eigenvalue weighted by molar-refractivity contribution is 5.99. The number of aliphatic hydroxyl groups is 1. The number of carbonyl (C=O) groups excluding carboxylic acids is 2. The minimum Gasteiger partial charge on any atom is -0.497 e. The Balaban J connectivity index is 1.60. The number of carbonyl (C=O) groups is 2. The summed E-state index contributed by atoms with van der Waals surface area (Å²) in [5.41, 5.74) is 8.77. The number of methoxy groups -OCH3 is 1. The molecular weight excluding hydrogens is 458 g/mol. The number of rotatable bonds is 4. The van der Waals surface area contributed by atoms with Crippen LogP contribution in [0.25, 0.3) is 0 Å². The Morgan fingerprint density at radius 1 is 1.19 bits per heavy atom. The molecule has 36 heavy (non-hydrogen) atoms. The second-order valence-electron chi connectivity index (χ2n) is 9.40. The molecule has 192 valence electrons. The number of nitrogens with one attached hydrogen (secondary N) is 2. The third-order valence-corrected chi connectivity index (χ3v) is 6.97. The monoisotopic (exact) mass is 493 g/mol. The van der Waals surface area contributed by atoms with Crippen molar-refractivity contribution in [2.24, 2.45) is 11.7 Å². The Hall–Kier alpha value is -3.20. The van der Waals surface area contributed by atoms with Gasteiger partial charge in [-0.05, 0) is 48.1 Å². The summed E-state index contributed by atoms with van der Waals surface area (Å²) >= 11 is 0. The quantitative estimate of drug-likeness (QED) is 0.381. The van der Waals surface area contributed by atoms with Gasteiger partial charge in [-0.2, -0.15) is 0 Å². The van der Waals surface area contributed by atoms with E-state index in [4.69, 9.17) is 15.2 Å². The lowest BCUT2D eigenvalue weighted by molar-refractivity contribution is -0.134. The molecule has 2 aromatic carbocycles. The first-order valence-electron chi connectivity index (χ1n) is 12.4. The molecule has 8 heteroatoms. The van der Waals surface area contributed by atoms with Gasteiger partial charge in [0.05, 0.1) is 38.0 Å². The van der Waals surface area contributed by atoms with Gasteiger partial charge < -0.3 is 30.9 Å². The normalized spacial score (nSPS) is 28.1. The molecule has 2 amide bonds. The summed E-state index contributed by atoms with van der Waals surface area (Å²) in [6, 6.07) is 14.9. The number of β-amino-alcohol motifs (C(OH)–C–C–N with tert-alkyl or cyclic N) is 1. The van der Waals surface area contributed by atoms with E-state index in [2.05, 4.69) is 16.7 Å². The van der Waals surface area contributed by atoms with Crippen molar-refractivity contribution in [1.29, 1.82) is 0 Å². The summed E-state index contributed by atoms with van der Waals surface area (Å²) in [5.74, 6) is -1.35. The summed E-state index contributed by atoms with van der Waals surface area (Å²) in [5, 5.41) is 17.6. The molecule has 0 saturated carbocycles. The summed E-state index contributed by atoms with van der Waals surface area (Å²) in [4.78, 5) is 25.1. The third-order valence-electron chi connectivity index (χ3n) is 6.97. The predicted octanol–water partition coefficient (Wildman–Crippen LogP) is 1.81. The van der Waals surface area contributed by atoms with Crippen LogP contribution in [0.4, 0.5) is 0 Å². The fraction of sp³-hybridized carbons (Fsp3) is 0.429. The first kappa shape index (κ1) is 25.9. The molecule has 0 spiro atoms. The van der Waals surface area contributed by atoms with Crippen molar-refractivity contribution in [2.45, 2.75) is 50.0 Å². The zero-order valence-corrected chi connectivity index (χ0v) is 20.6. The minimum absolute atomic E-state index is 0.116. The van der Waals surface area contributed by atoms with Gasteiger partial charge in [0.1, 0.15) is 11.7 Å². The molecule has 8 nitrogen and oxygen atoms in total. The average molecular weight is 494 g/mol. The largest absolute Gasteiger partial charge is 0.497 e. The number of hydrogen-bond acceptors (Lipinski definition) is 6. The van der Waals surface area contributed by atoms with Crippen LogP contribution in [-0.2, 0) is 27.2 Å². The fourth-order valence-electron chi connectivity index (χ4n) is 4.96. The molecule has 5 N–H and O–H groups in total. The highest BCUT2D eigenvalue weighted by Gasteiger charge is 2.35. The maximum atomic E-state index is 13.1. The molecule has 0 saturated heterocycles. The van der Waals surface area contributed by atoms with Crippen LogP contribution in [0.1, 0.15) is 35.6 Å². The Bertz CT molecular complexity index is 1070. The highest BCUT2D eigenvalue weighted by atomic mass is 16.5. The predicted molar refractivity (Wildman–Crippen MR) is 136 cm³/mol. The average Bonchev–Trinajstić information content (AvgIpc) is 3.22. The van der Waals surface area contributed by atoms with Crippen LogP contribution in [0.5, 0.6) is 5.75 Å². The molecular formula is C28H35N3O5. The summed E-state index contributed by atoms with van der Waals surface area (Å²) in [6.45, 7) is 0.622. The maximum Gasteiger partial charge on any atom is 0.232 e. The van der Waals surface area contributed by atoms with Gasteiger partial charge in [-0.3, -0.25) is 9.59 Å². The number of hydrogen-bond donors (Lipinski definition) is 4. The lowest BCUT2D eigenvalue weighted by atomic mass is 9.97. The van der Waals surface area contributed by atoms with Crippen molar-refractivity contribution >= 4 is 11.8 Å². The molecule has 0 aromatic heterocycles. The zero-order valence-electron chi connectivity index (χ0n) is 20.6. The van der Waals surface area contributed by atoms with Gasteiger partial charge in [0.25, 0.3) is 0 Å². The van der Waals surface area contributed by atoms with E-state index in [0.717, 1.165) is 23.3 Å². The minimum atomic E-state index is -0.974. The molecule has 1 aliphatic heterocycles. The number of primary amides is 1. The number of fused-ring (bicyclic) bond motifs is 3. The second kappa shape index (κ2) is 12.2. The Morgan fingerprint density at radius 3 is 2.75 bits per heavy atom. The van der Waals surface area contributed by atoms with Gasteiger partial charge in [0.2, 0.25) is 11.8 Å². The molecule has 0 fully saturated rings. The first-order valence-corrected chi connectivity index (χ1v) is 12.4. The molecule has 0 radical (unpaired) electrons. The number of aliphatic hydroxyl groups excluding tert-OH is 1. The van der Waals surface area contributed by atoms with E-state index in [9.17, 15) is 14.7 Å². The molecule has 4 rings (SSSR count). The van der Waals surface area contributed by atoms with Crippen LogP contribution >= 0.6 is 0 Å². The van der Waals surface area contributed by atoms with Gasteiger partial charge in [0.15, 0.2) is 0 Å². The van der Waals surface area contributed by atoms with Crippen LogP contribution < -0.4 is 21.1 Å². The number of ether oxygens (including phenoxy) is 2. The van der Waals surface area contributed by atoms with Gasteiger partial charge in [-0.15, -0.1) is 0 Å². The standard InChI is InChI=1S/C28H35N3O5/c1-35-20-12-11-19-15-25-26(22(19)16-20)30-17-24(32)23(14-18-8-4-2-5-9-18)31-28(34)21(27(29)33)10-6-3-7-13-36-25/h2-5,7-9,11-12,16,21,23-26,30,32H,6,10,13-15,17H2,1H3,(H2,29,33)(H,31,34)/b7-3+/t21-,23?,24+,25-,26+/m0/s1. The molecule has 1 heterocycles. The van der Waals surface area contributed by atoms with E-state index < -0.39 is 29.9 Å². The van der Waals surface area contributed by atoms with Gasteiger partial charge in [-0.25, -0.2) is 0 Å². The third kappa shape index (κ3) is 6.32. The molecule has 0 bridgehead atoms. The van der Waals surface area contributed by atoms with Gasteiger partial charge >= 0.3 is 0 Å². The smallest absolute Gasteiger partial charge is 0.232 e. The lowest BCUT2D eigenvalue weighted by Gasteiger charge is -2.29. The number of amides is 2. The van der Waals surface area contributed by atoms with Crippen LogP contribution in [0.2, 0.25) is 0 Å². The topological polar surface area (TPSA) is 123 Å². The number of allylic oxidation sites excluding steroid dienone is 1. The summed E-state index contributed by atoms with van der Waals surface area (Å²) in [7, 11) is 1.64. The van der Waals surface area contributed by atoms with Crippen molar-refractivity contribution in [2.75, 3.05) is 20.3 Å². The molecule has 1 unspecified atom stereocenters. The molecule has 1 aliphatic carbocycles. The van der Waals surface area contributed by atoms with E-state index >= 15 is 0 Å². The maximum absolute atomic E-state index is 13.1. The number of nitrogens with two attached hydrogens (primary N) is 1. The van der Waals surface area contributed by atoms with E-state index in [1.165, 1.54) is 5.56 Å². The molecule has 2 aliphatic rings. The van der Waals surface area contributed by atoms with E-state index in [-0.39, 0.29) is 18.7 Å². The summed E-state index contributed by atoms with van der Waals surface area (Å²) < 4.78 is 11.6. The van der Waals surface area contributed by atoms with Crippen molar-refractivity contribution < 1.29 is 24.2 Å². The van der Waals surface area contributed by atoms with E-state index in [1.807, 2.05) is 54.6 Å². The fourth-order valence-corrected chi connectivity index (χ4v) is 4.96.